The number of carbonyl (C=O) groups is 1. The molecule has 1 amide bonds. The number of benzene rings is 1. The lowest BCUT2D eigenvalue weighted by atomic mass is 10.0. The van der Waals surface area contributed by atoms with Crippen LogP contribution in [0.5, 0.6) is 0 Å². The van der Waals surface area contributed by atoms with E-state index in [1.165, 1.54) is 0 Å². The fourth-order valence-electron chi connectivity index (χ4n) is 3.24. The Morgan fingerprint density at radius 1 is 1.17 bits per heavy atom. The van der Waals surface area contributed by atoms with Gasteiger partial charge in [-0.1, -0.05) is 17.7 Å². The van der Waals surface area contributed by atoms with Crippen molar-refractivity contribution in [3.8, 4) is 0 Å². The Bertz CT molecular complexity index is 723. The molecular weight excluding hydrogens is 300 g/mol. The number of piperidine rings is 1. The van der Waals surface area contributed by atoms with E-state index in [0.717, 1.165) is 48.6 Å². The van der Waals surface area contributed by atoms with Gasteiger partial charge in [-0.15, -0.1) is 0 Å². The van der Waals surface area contributed by atoms with Crippen LogP contribution < -0.4 is 4.90 Å². The number of aromatic nitrogens is 2. The predicted molar refractivity (Wildman–Crippen MR) is 95.3 cm³/mol. The summed E-state index contributed by atoms with van der Waals surface area (Å²) in [5, 5.41) is 0. The van der Waals surface area contributed by atoms with E-state index in [1.807, 2.05) is 49.1 Å². The average molecular weight is 324 g/mol. The number of aryl methyl sites for hydroxylation is 2. The second kappa shape index (κ2) is 6.99. The molecule has 1 aliphatic rings. The van der Waals surface area contributed by atoms with Gasteiger partial charge in [0.15, 0.2) is 0 Å². The van der Waals surface area contributed by atoms with Crippen molar-refractivity contribution in [2.75, 3.05) is 25.0 Å². The normalized spacial score (nSPS) is 15.4. The summed E-state index contributed by atoms with van der Waals surface area (Å²) >= 11 is 0. The van der Waals surface area contributed by atoms with Crippen LogP contribution in [0.1, 0.15) is 34.5 Å². The zero-order valence-corrected chi connectivity index (χ0v) is 14.6. The quantitative estimate of drug-likeness (QED) is 0.871. The van der Waals surface area contributed by atoms with Crippen LogP contribution in [0, 0.1) is 13.8 Å². The third-order valence-corrected chi connectivity index (χ3v) is 4.72. The lowest BCUT2D eigenvalue weighted by molar-refractivity contribution is 0.0713. The van der Waals surface area contributed by atoms with Crippen molar-refractivity contribution < 1.29 is 4.79 Å². The lowest BCUT2D eigenvalue weighted by Crippen LogP contribution is -2.45. The average Bonchev–Trinajstić information content (AvgIpc) is 2.60. The lowest BCUT2D eigenvalue weighted by Gasteiger charge is -2.37. The summed E-state index contributed by atoms with van der Waals surface area (Å²) in [5.74, 6) is 1.09. The van der Waals surface area contributed by atoms with E-state index in [2.05, 4.69) is 21.9 Å². The van der Waals surface area contributed by atoms with E-state index >= 15 is 0 Å². The van der Waals surface area contributed by atoms with Crippen LogP contribution >= 0.6 is 0 Å². The van der Waals surface area contributed by atoms with E-state index in [-0.39, 0.29) is 5.91 Å². The van der Waals surface area contributed by atoms with Crippen molar-refractivity contribution in [2.45, 2.75) is 32.7 Å². The van der Waals surface area contributed by atoms with E-state index < -0.39 is 0 Å². The molecule has 1 aliphatic heterocycles. The number of amides is 1. The largest absolute Gasteiger partial charge is 0.356 e. The molecule has 5 nitrogen and oxygen atoms in total. The highest BCUT2D eigenvalue weighted by molar-refractivity contribution is 5.94. The van der Waals surface area contributed by atoms with Crippen LogP contribution in [0.25, 0.3) is 0 Å². The molecule has 0 bridgehead atoms. The standard InChI is InChI=1S/C19H24N4O/c1-14-5-4-6-16(11-14)19(24)23-9-7-17(8-10-23)22(3)18-12-15(2)20-13-21-18/h4-6,11-13,17H,7-10H2,1-3H3. The number of anilines is 1. The molecule has 0 aliphatic carbocycles. The molecule has 5 heteroatoms. The minimum atomic E-state index is 0.137. The van der Waals surface area contributed by atoms with Crippen LogP contribution in [-0.2, 0) is 0 Å². The van der Waals surface area contributed by atoms with Gasteiger partial charge in [0.25, 0.3) is 5.91 Å². The smallest absolute Gasteiger partial charge is 0.253 e. The Morgan fingerprint density at radius 2 is 1.92 bits per heavy atom. The van der Waals surface area contributed by atoms with Crippen LogP contribution in [0.3, 0.4) is 0 Å². The van der Waals surface area contributed by atoms with E-state index in [1.54, 1.807) is 6.33 Å². The van der Waals surface area contributed by atoms with Crippen LogP contribution in [0.4, 0.5) is 5.82 Å². The summed E-state index contributed by atoms with van der Waals surface area (Å²) in [6, 6.07) is 10.2. The van der Waals surface area contributed by atoms with Crippen molar-refractivity contribution in [3.05, 3.63) is 53.5 Å². The first-order chi connectivity index (χ1) is 11.5. The van der Waals surface area contributed by atoms with Crippen molar-refractivity contribution >= 4 is 11.7 Å². The van der Waals surface area contributed by atoms with Gasteiger partial charge in [0.05, 0.1) is 0 Å². The first-order valence-corrected chi connectivity index (χ1v) is 8.42. The van der Waals surface area contributed by atoms with Crippen molar-refractivity contribution in [1.82, 2.24) is 14.9 Å². The van der Waals surface area contributed by atoms with Gasteiger partial charge < -0.3 is 9.80 Å². The highest BCUT2D eigenvalue weighted by Gasteiger charge is 2.26. The molecule has 0 radical (unpaired) electrons. The summed E-state index contributed by atoms with van der Waals surface area (Å²) in [5.41, 5.74) is 2.88. The Balaban J connectivity index is 1.62. The SMILES string of the molecule is Cc1cccc(C(=O)N2CCC(N(C)c3cc(C)ncn3)CC2)c1. The summed E-state index contributed by atoms with van der Waals surface area (Å²) < 4.78 is 0. The Kier molecular flexibility index (Phi) is 4.79. The fourth-order valence-corrected chi connectivity index (χ4v) is 3.24. The summed E-state index contributed by atoms with van der Waals surface area (Å²) in [6.07, 6.45) is 3.52. The molecule has 2 aromatic rings. The first-order valence-electron chi connectivity index (χ1n) is 8.42. The Hall–Kier alpha value is -2.43. The van der Waals surface area contributed by atoms with Gasteiger partial charge in [-0.05, 0) is 38.8 Å². The number of hydrogen-bond acceptors (Lipinski definition) is 4. The molecule has 1 aromatic carbocycles. The predicted octanol–water partition coefficient (Wildman–Crippen LogP) is 2.83. The highest BCUT2D eigenvalue weighted by Crippen LogP contribution is 2.22. The summed E-state index contributed by atoms with van der Waals surface area (Å²) in [6.45, 7) is 5.56. The van der Waals surface area contributed by atoms with Gasteiger partial charge in [0, 0.05) is 43.5 Å². The second-order valence-corrected chi connectivity index (χ2v) is 6.52. The van der Waals surface area contributed by atoms with Gasteiger partial charge in [0.1, 0.15) is 12.1 Å². The molecule has 0 saturated carbocycles. The number of rotatable bonds is 3. The van der Waals surface area contributed by atoms with Crippen LogP contribution in [-0.4, -0.2) is 47.0 Å². The van der Waals surface area contributed by atoms with Gasteiger partial charge in [-0.3, -0.25) is 4.79 Å². The molecule has 24 heavy (non-hydrogen) atoms. The van der Waals surface area contributed by atoms with Gasteiger partial charge in [0.2, 0.25) is 0 Å². The van der Waals surface area contributed by atoms with Crippen LogP contribution in [0.2, 0.25) is 0 Å². The molecular formula is C19H24N4O. The minimum Gasteiger partial charge on any atom is -0.356 e. The first kappa shape index (κ1) is 16.4. The monoisotopic (exact) mass is 324 g/mol. The van der Waals surface area contributed by atoms with Crippen molar-refractivity contribution in [1.29, 1.82) is 0 Å². The van der Waals surface area contributed by atoms with E-state index in [0.29, 0.717) is 6.04 Å². The molecule has 2 heterocycles. The number of nitrogens with zero attached hydrogens (tertiary/aromatic N) is 4. The molecule has 0 spiro atoms. The molecule has 3 rings (SSSR count). The third-order valence-electron chi connectivity index (χ3n) is 4.72. The number of hydrogen-bond donors (Lipinski definition) is 0. The van der Waals surface area contributed by atoms with Crippen molar-refractivity contribution in [3.63, 3.8) is 0 Å². The number of carbonyl (C=O) groups excluding carboxylic acids is 1. The van der Waals surface area contributed by atoms with E-state index in [4.69, 9.17) is 0 Å². The maximum absolute atomic E-state index is 12.6. The van der Waals surface area contributed by atoms with E-state index in [9.17, 15) is 4.79 Å². The van der Waals surface area contributed by atoms with Crippen LogP contribution in [0.15, 0.2) is 36.7 Å². The number of likely N-dealkylation sites (tertiary alicyclic amines) is 1. The zero-order valence-electron chi connectivity index (χ0n) is 14.6. The molecule has 1 saturated heterocycles. The topological polar surface area (TPSA) is 49.3 Å². The maximum atomic E-state index is 12.6. The Morgan fingerprint density at radius 3 is 2.58 bits per heavy atom. The zero-order chi connectivity index (χ0) is 17.1. The van der Waals surface area contributed by atoms with Gasteiger partial charge >= 0.3 is 0 Å². The molecule has 0 unspecified atom stereocenters. The molecule has 126 valence electrons. The summed E-state index contributed by atoms with van der Waals surface area (Å²) in [4.78, 5) is 25.3. The fraction of sp³-hybridized carbons (Fsp3) is 0.421. The molecule has 0 atom stereocenters. The molecule has 1 aromatic heterocycles. The molecule has 1 fully saturated rings. The maximum Gasteiger partial charge on any atom is 0.253 e. The molecule has 0 N–H and O–H groups in total. The van der Waals surface area contributed by atoms with Crippen molar-refractivity contribution in [2.24, 2.45) is 0 Å². The second-order valence-electron chi connectivity index (χ2n) is 6.52. The Labute approximate surface area is 143 Å². The van der Waals surface area contributed by atoms with Gasteiger partial charge in [-0.25, -0.2) is 9.97 Å². The third kappa shape index (κ3) is 3.55. The highest BCUT2D eigenvalue weighted by atomic mass is 16.2. The van der Waals surface area contributed by atoms with Gasteiger partial charge in [-0.2, -0.15) is 0 Å². The summed E-state index contributed by atoms with van der Waals surface area (Å²) in [7, 11) is 2.07. The minimum absolute atomic E-state index is 0.137.